The highest BCUT2D eigenvalue weighted by Crippen LogP contribution is 2.45. The average Bonchev–Trinajstić information content (AvgIpc) is 3.37. The van der Waals surface area contributed by atoms with Crippen LogP contribution in [0.3, 0.4) is 0 Å². The summed E-state index contributed by atoms with van der Waals surface area (Å²) in [6.45, 7) is 8.36. The van der Waals surface area contributed by atoms with E-state index in [1.54, 1.807) is 7.11 Å². The number of ether oxygens (including phenoxy) is 1. The van der Waals surface area contributed by atoms with E-state index in [2.05, 4.69) is 27.5 Å². The van der Waals surface area contributed by atoms with Crippen molar-refractivity contribution in [2.45, 2.75) is 19.8 Å². The van der Waals surface area contributed by atoms with E-state index in [1.165, 1.54) is 12.8 Å². The summed E-state index contributed by atoms with van der Waals surface area (Å²) in [4.78, 5) is 17.2. The molecule has 1 saturated carbocycles. The normalized spacial score (nSPS) is 20.1. The Balaban J connectivity index is 1.47. The monoisotopic (exact) mass is 346 g/mol. The predicted molar refractivity (Wildman–Crippen MR) is 100 cm³/mol. The van der Waals surface area contributed by atoms with Crippen LogP contribution in [0, 0.1) is 12.3 Å². The molecule has 1 aliphatic carbocycles. The molecule has 6 nitrogen and oxygen atoms in total. The highest BCUT2D eigenvalue weighted by Gasteiger charge is 2.44. The van der Waals surface area contributed by atoms with Gasteiger partial charge >= 0.3 is 6.03 Å². The van der Waals surface area contributed by atoms with Gasteiger partial charge in [-0.2, -0.15) is 0 Å². The molecule has 0 spiro atoms. The Morgan fingerprint density at radius 2 is 1.96 bits per heavy atom. The molecular formula is C19H30N4O2. The quantitative estimate of drug-likeness (QED) is 0.829. The Morgan fingerprint density at radius 3 is 2.60 bits per heavy atom. The van der Waals surface area contributed by atoms with E-state index in [0.717, 1.165) is 56.3 Å². The number of carbonyl (C=O) groups excluding carboxylic acids is 1. The van der Waals surface area contributed by atoms with Crippen LogP contribution in [0.5, 0.6) is 5.75 Å². The van der Waals surface area contributed by atoms with E-state index in [-0.39, 0.29) is 11.4 Å². The van der Waals surface area contributed by atoms with Crippen LogP contribution in [0.4, 0.5) is 10.5 Å². The number of aryl methyl sites for hydroxylation is 1. The number of benzene rings is 1. The Kier molecular flexibility index (Phi) is 5.49. The molecule has 0 unspecified atom stereocenters. The van der Waals surface area contributed by atoms with Gasteiger partial charge in [-0.15, -0.1) is 0 Å². The van der Waals surface area contributed by atoms with E-state index in [9.17, 15) is 4.79 Å². The van der Waals surface area contributed by atoms with Crippen molar-refractivity contribution in [1.29, 1.82) is 0 Å². The maximum absolute atomic E-state index is 12.3. The smallest absolute Gasteiger partial charge is 0.319 e. The number of nitrogens with zero attached hydrogens (tertiary/aromatic N) is 2. The first-order valence-corrected chi connectivity index (χ1v) is 9.10. The van der Waals surface area contributed by atoms with Crippen molar-refractivity contribution in [1.82, 2.24) is 15.1 Å². The lowest BCUT2D eigenvalue weighted by molar-refractivity contribution is 0.130. The average molecular weight is 346 g/mol. The van der Waals surface area contributed by atoms with Crippen molar-refractivity contribution in [3.63, 3.8) is 0 Å². The summed E-state index contributed by atoms with van der Waals surface area (Å²) < 4.78 is 5.23. The molecule has 1 heterocycles. The minimum Gasteiger partial charge on any atom is -0.497 e. The molecule has 1 saturated heterocycles. The Labute approximate surface area is 150 Å². The number of nitrogens with one attached hydrogen (secondary N) is 2. The lowest BCUT2D eigenvalue weighted by atomic mass is 10.1. The number of likely N-dealkylation sites (N-methyl/N-ethyl adjacent to an activating group) is 1. The third-order valence-corrected chi connectivity index (χ3v) is 5.43. The van der Waals surface area contributed by atoms with Gasteiger partial charge in [0.25, 0.3) is 0 Å². The first-order chi connectivity index (χ1) is 12.0. The topological polar surface area (TPSA) is 56.8 Å². The molecule has 3 rings (SSSR count). The Morgan fingerprint density at radius 1 is 1.24 bits per heavy atom. The van der Waals surface area contributed by atoms with Crippen LogP contribution >= 0.6 is 0 Å². The summed E-state index contributed by atoms with van der Waals surface area (Å²) in [5.41, 5.74) is 2.09. The molecule has 1 aromatic rings. The van der Waals surface area contributed by atoms with E-state index in [0.29, 0.717) is 0 Å². The van der Waals surface area contributed by atoms with Gasteiger partial charge < -0.3 is 25.2 Å². The van der Waals surface area contributed by atoms with Crippen molar-refractivity contribution in [2.24, 2.45) is 5.41 Å². The maximum atomic E-state index is 12.3. The van der Waals surface area contributed by atoms with Crippen molar-refractivity contribution in [2.75, 3.05) is 58.7 Å². The minimum absolute atomic E-state index is 0.138. The van der Waals surface area contributed by atoms with Gasteiger partial charge in [0.05, 0.1) is 7.11 Å². The van der Waals surface area contributed by atoms with Gasteiger partial charge in [0.1, 0.15) is 5.75 Å². The van der Waals surface area contributed by atoms with E-state index >= 15 is 0 Å². The van der Waals surface area contributed by atoms with Gasteiger partial charge in [0.15, 0.2) is 0 Å². The molecule has 2 fully saturated rings. The summed E-state index contributed by atoms with van der Waals surface area (Å²) in [6, 6.07) is 5.56. The largest absolute Gasteiger partial charge is 0.497 e. The molecule has 0 aromatic heterocycles. The van der Waals surface area contributed by atoms with Crippen molar-refractivity contribution in [3.8, 4) is 5.75 Å². The fourth-order valence-electron chi connectivity index (χ4n) is 3.34. The molecular weight excluding hydrogens is 316 g/mol. The Hall–Kier alpha value is -1.79. The second kappa shape index (κ2) is 7.62. The van der Waals surface area contributed by atoms with Gasteiger partial charge in [-0.05, 0) is 38.4 Å². The van der Waals surface area contributed by atoms with Gasteiger partial charge in [0.2, 0.25) is 0 Å². The second-order valence-corrected chi connectivity index (χ2v) is 7.57. The lowest BCUT2D eigenvalue weighted by Crippen LogP contribution is -2.48. The number of hydrogen-bond donors (Lipinski definition) is 2. The molecule has 2 amide bonds. The zero-order chi connectivity index (χ0) is 17.9. The third kappa shape index (κ3) is 4.86. The van der Waals surface area contributed by atoms with Gasteiger partial charge in [-0.1, -0.05) is 6.07 Å². The highest BCUT2D eigenvalue weighted by atomic mass is 16.5. The zero-order valence-electron chi connectivity index (χ0n) is 15.6. The number of anilines is 1. The Bertz CT molecular complexity index is 607. The fraction of sp³-hybridized carbons (Fsp3) is 0.632. The van der Waals surface area contributed by atoms with Crippen molar-refractivity contribution in [3.05, 3.63) is 23.8 Å². The van der Waals surface area contributed by atoms with Crippen LogP contribution in [-0.2, 0) is 0 Å². The minimum atomic E-state index is -0.138. The van der Waals surface area contributed by atoms with Gasteiger partial charge in [0, 0.05) is 56.4 Å². The molecule has 1 aromatic carbocycles. The van der Waals surface area contributed by atoms with Crippen LogP contribution < -0.4 is 15.4 Å². The predicted octanol–water partition coefficient (Wildman–Crippen LogP) is 2.15. The molecule has 0 bridgehead atoms. The first kappa shape index (κ1) is 18.0. The maximum Gasteiger partial charge on any atom is 0.319 e. The number of hydrogen-bond acceptors (Lipinski definition) is 4. The van der Waals surface area contributed by atoms with E-state index in [4.69, 9.17) is 4.74 Å². The third-order valence-electron chi connectivity index (χ3n) is 5.43. The second-order valence-electron chi connectivity index (χ2n) is 7.57. The number of methoxy groups -OCH3 is 1. The van der Waals surface area contributed by atoms with Crippen LogP contribution in [-0.4, -0.2) is 69.3 Å². The number of amides is 2. The number of carbonyl (C=O) groups is 1. The van der Waals surface area contributed by atoms with Crippen LogP contribution in [0.1, 0.15) is 18.4 Å². The summed E-state index contributed by atoms with van der Waals surface area (Å²) in [5, 5.41) is 6.01. The molecule has 2 N–H and O–H groups in total. The molecule has 25 heavy (non-hydrogen) atoms. The van der Waals surface area contributed by atoms with E-state index in [1.807, 2.05) is 25.1 Å². The van der Waals surface area contributed by atoms with Crippen LogP contribution in [0.15, 0.2) is 18.2 Å². The number of urea groups is 1. The van der Waals surface area contributed by atoms with E-state index < -0.39 is 0 Å². The summed E-state index contributed by atoms with van der Waals surface area (Å²) in [7, 11) is 3.81. The zero-order valence-corrected chi connectivity index (χ0v) is 15.6. The van der Waals surface area contributed by atoms with Crippen molar-refractivity contribution >= 4 is 11.7 Å². The molecule has 6 heteroatoms. The highest BCUT2D eigenvalue weighted by molar-refractivity contribution is 5.90. The number of rotatable bonds is 6. The van der Waals surface area contributed by atoms with Crippen LogP contribution in [0.2, 0.25) is 0 Å². The first-order valence-electron chi connectivity index (χ1n) is 9.10. The van der Waals surface area contributed by atoms with Gasteiger partial charge in [-0.25, -0.2) is 4.79 Å². The van der Waals surface area contributed by atoms with Gasteiger partial charge in [-0.3, -0.25) is 0 Å². The summed E-state index contributed by atoms with van der Waals surface area (Å²) >= 11 is 0. The SMILES string of the molecule is COc1ccc(C)c(NC(=O)NCC2(CN3CCN(C)CC3)CC2)c1. The fourth-order valence-corrected chi connectivity index (χ4v) is 3.34. The summed E-state index contributed by atoms with van der Waals surface area (Å²) in [5.74, 6) is 0.745. The molecule has 1 aliphatic heterocycles. The molecule has 138 valence electrons. The molecule has 2 aliphatic rings. The number of piperazine rings is 1. The summed E-state index contributed by atoms with van der Waals surface area (Å²) in [6.07, 6.45) is 2.41. The molecule has 0 atom stereocenters. The van der Waals surface area contributed by atoms with Crippen molar-refractivity contribution < 1.29 is 9.53 Å². The standard InChI is InChI=1S/C19H30N4O2/c1-15-4-5-16(25-3)12-17(15)21-18(24)20-13-19(6-7-19)14-23-10-8-22(2)9-11-23/h4-5,12H,6-11,13-14H2,1-3H3,(H2,20,21,24). The van der Waals surface area contributed by atoms with Crippen LogP contribution in [0.25, 0.3) is 0 Å². The molecule has 0 radical (unpaired) electrons. The lowest BCUT2D eigenvalue weighted by Gasteiger charge is -2.34.